The maximum atomic E-state index is 12.3. The molecule has 0 atom stereocenters. The quantitative estimate of drug-likeness (QED) is 0.840. The number of rotatable bonds is 5. The van der Waals surface area contributed by atoms with E-state index in [2.05, 4.69) is 10.3 Å². The second-order valence-corrected chi connectivity index (χ2v) is 8.66. The fourth-order valence-electron chi connectivity index (χ4n) is 1.89. The molecule has 1 aromatic heterocycles. The molecule has 5 nitrogen and oxygen atoms in total. The van der Waals surface area contributed by atoms with Gasteiger partial charge in [0.1, 0.15) is 10.6 Å². The van der Waals surface area contributed by atoms with Crippen molar-refractivity contribution >= 4 is 17.4 Å². The van der Waals surface area contributed by atoms with E-state index < -0.39 is 5.60 Å². The van der Waals surface area contributed by atoms with Gasteiger partial charge in [-0.2, -0.15) is 0 Å². The Bertz CT molecular complexity index is 486. The van der Waals surface area contributed by atoms with Crippen LogP contribution in [-0.2, 0) is 11.3 Å². The van der Waals surface area contributed by atoms with Gasteiger partial charge in [-0.15, -0.1) is 11.3 Å². The fraction of sp³-hybridized carbons (Fsp3) is 0.750. The van der Waals surface area contributed by atoms with Crippen molar-refractivity contribution in [3.8, 4) is 0 Å². The van der Waals surface area contributed by atoms with E-state index in [0.29, 0.717) is 13.1 Å². The van der Waals surface area contributed by atoms with Gasteiger partial charge in [-0.25, -0.2) is 9.78 Å². The molecule has 0 radical (unpaired) electrons. The first-order chi connectivity index (χ1) is 9.99. The molecule has 0 saturated carbocycles. The summed E-state index contributed by atoms with van der Waals surface area (Å²) in [5.41, 5.74) is -0.756. The van der Waals surface area contributed by atoms with Crippen molar-refractivity contribution in [2.24, 2.45) is 0 Å². The topological polar surface area (TPSA) is 54.5 Å². The van der Waals surface area contributed by atoms with E-state index in [4.69, 9.17) is 4.74 Å². The number of hydrogen-bond acceptors (Lipinski definition) is 5. The summed E-state index contributed by atoms with van der Waals surface area (Å²) in [6.07, 6.45) is 1.61. The number of carbonyl (C=O) groups is 1. The lowest BCUT2D eigenvalue weighted by Gasteiger charge is -2.36. The van der Waals surface area contributed by atoms with Gasteiger partial charge in [0, 0.05) is 36.2 Å². The Morgan fingerprint density at radius 1 is 1.32 bits per heavy atom. The highest BCUT2D eigenvalue weighted by Gasteiger charge is 2.30. The second-order valence-electron chi connectivity index (χ2n) is 7.34. The molecule has 0 saturated heterocycles. The van der Waals surface area contributed by atoms with Crippen LogP contribution in [0.3, 0.4) is 0 Å². The minimum absolute atomic E-state index is 0.271. The summed E-state index contributed by atoms with van der Waals surface area (Å²) in [6.45, 7) is 15.8. The van der Waals surface area contributed by atoms with Crippen molar-refractivity contribution in [3.05, 3.63) is 16.1 Å². The SMILES string of the molecule is Cc1cnc(CNCCN(C(=O)OC(C)(C)C)C(C)(C)C)s1. The molecule has 22 heavy (non-hydrogen) atoms. The third-order valence-corrected chi connectivity index (χ3v) is 3.79. The Labute approximate surface area is 138 Å². The zero-order chi connectivity index (χ0) is 17.0. The summed E-state index contributed by atoms with van der Waals surface area (Å²) in [5, 5.41) is 4.40. The van der Waals surface area contributed by atoms with Crippen LogP contribution in [0.15, 0.2) is 6.20 Å². The molecule has 0 aromatic carbocycles. The van der Waals surface area contributed by atoms with Gasteiger partial charge in [-0.05, 0) is 48.5 Å². The number of aryl methyl sites for hydroxylation is 1. The Morgan fingerprint density at radius 2 is 1.95 bits per heavy atom. The Balaban J connectivity index is 2.50. The predicted molar refractivity (Wildman–Crippen MR) is 91.3 cm³/mol. The van der Waals surface area contributed by atoms with Crippen LogP contribution < -0.4 is 5.32 Å². The first-order valence-electron chi connectivity index (χ1n) is 7.62. The lowest BCUT2D eigenvalue weighted by atomic mass is 10.1. The largest absolute Gasteiger partial charge is 0.444 e. The molecule has 1 heterocycles. The number of thiazole rings is 1. The van der Waals surface area contributed by atoms with Crippen molar-refractivity contribution in [1.82, 2.24) is 15.2 Å². The van der Waals surface area contributed by atoms with Gasteiger partial charge in [0.25, 0.3) is 0 Å². The van der Waals surface area contributed by atoms with Crippen LogP contribution in [-0.4, -0.2) is 40.2 Å². The first-order valence-corrected chi connectivity index (χ1v) is 8.43. The number of nitrogens with one attached hydrogen (secondary N) is 1. The monoisotopic (exact) mass is 327 g/mol. The van der Waals surface area contributed by atoms with Gasteiger partial charge < -0.3 is 15.0 Å². The Hall–Kier alpha value is -1.14. The highest BCUT2D eigenvalue weighted by Crippen LogP contribution is 2.18. The fourth-order valence-corrected chi connectivity index (χ4v) is 2.64. The molecule has 1 aromatic rings. The first kappa shape index (κ1) is 18.9. The van der Waals surface area contributed by atoms with Gasteiger partial charge in [0.15, 0.2) is 0 Å². The van der Waals surface area contributed by atoms with E-state index in [1.165, 1.54) is 4.88 Å². The summed E-state index contributed by atoms with van der Waals surface area (Å²) in [6, 6.07) is 0. The van der Waals surface area contributed by atoms with Crippen LogP contribution in [0.5, 0.6) is 0 Å². The second kappa shape index (κ2) is 7.42. The summed E-state index contributed by atoms with van der Waals surface area (Å²) >= 11 is 1.69. The van der Waals surface area contributed by atoms with Crippen LogP contribution in [0.1, 0.15) is 51.4 Å². The molecule has 0 unspecified atom stereocenters. The molecule has 0 bridgehead atoms. The molecule has 1 N–H and O–H groups in total. The summed E-state index contributed by atoms with van der Waals surface area (Å²) in [5.74, 6) is 0. The van der Waals surface area contributed by atoms with E-state index in [0.717, 1.165) is 11.6 Å². The predicted octanol–water partition coefficient (Wildman–Crippen LogP) is 3.58. The number of amides is 1. The number of aromatic nitrogens is 1. The molecule has 0 aliphatic heterocycles. The minimum atomic E-state index is -0.480. The normalized spacial score (nSPS) is 12.3. The van der Waals surface area contributed by atoms with Crippen LogP contribution >= 0.6 is 11.3 Å². The number of nitrogens with zero attached hydrogens (tertiary/aromatic N) is 2. The smallest absolute Gasteiger partial charge is 0.410 e. The summed E-state index contributed by atoms with van der Waals surface area (Å²) in [4.78, 5) is 19.6. The highest BCUT2D eigenvalue weighted by atomic mass is 32.1. The van der Waals surface area contributed by atoms with Crippen LogP contribution in [0.25, 0.3) is 0 Å². The van der Waals surface area contributed by atoms with E-state index in [1.54, 1.807) is 16.2 Å². The molecule has 126 valence electrons. The summed E-state index contributed by atoms with van der Waals surface area (Å²) in [7, 11) is 0. The molecular weight excluding hydrogens is 298 g/mol. The van der Waals surface area contributed by atoms with Crippen molar-refractivity contribution in [3.63, 3.8) is 0 Å². The van der Waals surface area contributed by atoms with Crippen molar-refractivity contribution in [1.29, 1.82) is 0 Å². The van der Waals surface area contributed by atoms with Crippen molar-refractivity contribution in [2.75, 3.05) is 13.1 Å². The lowest BCUT2D eigenvalue weighted by molar-refractivity contribution is 0.00663. The van der Waals surface area contributed by atoms with Crippen LogP contribution in [0.4, 0.5) is 4.79 Å². The maximum absolute atomic E-state index is 12.3. The average Bonchev–Trinajstić information content (AvgIpc) is 2.70. The molecular formula is C16H29N3O2S. The lowest BCUT2D eigenvalue weighted by Crippen LogP contribution is -2.50. The number of ether oxygens (including phenoxy) is 1. The summed E-state index contributed by atoms with van der Waals surface area (Å²) < 4.78 is 5.49. The third kappa shape index (κ3) is 6.75. The van der Waals surface area contributed by atoms with Crippen LogP contribution in [0, 0.1) is 6.92 Å². The maximum Gasteiger partial charge on any atom is 0.410 e. The van der Waals surface area contributed by atoms with Gasteiger partial charge in [-0.1, -0.05) is 0 Å². The van der Waals surface area contributed by atoms with Crippen molar-refractivity contribution in [2.45, 2.75) is 66.2 Å². The van der Waals surface area contributed by atoms with E-state index in [-0.39, 0.29) is 11.6 Å². The molecule has 0 spiro atoms. The molecule has 0 fully saturated rings. The molecule has 6 heteroatoms. The van der Waals surface area contributed by atoms with Gasteiger partial charge >= 0.3 is 6.09 Å². The zero-order valence-corrected chi connectivity index (χ0v) is 15.6. The van der Waals surface area contributed by atoms with Gasteiger partial charge in [0.05, 0.1) is 0 Å². The highest BCUT2D eigenvalue weighted by molar-refractivity contribution is 7.11. The third-order valence-electron chi connectivity index (χ3n) is 2.88. The number of hydrogen-bond donors (Lipinski definition) is 1. The Kier molecular flexibility index (Phi) is 6.38. The molecule has 1 amide bonds. The standard InChI is InChI=1S/C16H29N3O2S/c1-12-10-18-13(22-12)11-17-8-9-19(15(2,3)4)14(20)21-16(5,6)7/h10,17H,8-9,11H2,1-7H3. The average molecular weight is 327 g/mol. The van der Waals surface area contributed by atoms with E-state index >= 15 is 0 Å². The zero-order valence-electron chi connectivity index (χ0n) is 14.8. The Morgan fingerprint density at radius 3 is 2.41 bits per heavy atom. The molecule has 0 aliphatic carbocycles. The van der Waals surface area contributed by atoms with E-state index in [9.17, 15) is 4.79 Å². The van der Waals surface area contributed by atoms with E-state index in [1.807, 2.05) is 54.7 Å². The molecule has 1 rings (SSSR count). The van der Waals surface area contributed by atoms with Gasteiger partial charge in [0.2, 0.25) is 0 Å². The number of carbonyl (C=O) groups excluding carboxylic acids is 1. The molecule has 0 aliphatic rings. The van der Waals surface area contributed by atoms with Crippen LogP contribution in [0.2, 0.25) is 0 Å². The van der Waals surface area contributed by atoms with Gasteiger partial charge in [-0.3, -0.25) is 0 Å². The minimum Gasteiger partial charge on any atom is -0.444 e. The van der Waals surface area contributed by atoms with Crippen molar-refractivity contribution < 1.29 is 9.53 Å².